The topological polar surface area (TPSA) is 27.7 Å². The van der Waals surface area contributed by atoms with Gasteiger partial charge in [0.25, 0.3) is 5.97 Å². The molecule has 0 heterocycles. The van der Waals surface area contributed by atoms with Gasteiger partial charge in [0.05, 0.1) is 0 Å². The molecule has 0 bridgehead atoms. The van der Waals surface area contributed by atoms with Gasteiger partial charge in [0.2, 0.25) is 0 Å². The Bertz CT molecular complexity index is 74.8. The normalized spacial score (nSPS) is 12.3. The molecule has 3 nitrogen and oxygen atoms in total. The lowest BCUT2D eigenvalue weighted by Gasteiger charge is -2.28. The molecule has 0 saturated carbocycles. The van der Waals surface area contributed by atoms with E-state index in [1.165, 1.54) is 0 Å². The summed E-state index contributed by atoms with van der Waals surface area (Å²) in [6, 6.07) is 0. The molecule has 0 fully saturated rings. The van der Waals surface area contributed by atoms with Crippen LogP contribution in [0.25, 0.3) is 0 Å². The van der Waals surface area contributed by atoms with E-state index in [0.29, 0.717) is 10.5 Å². The van der Waals surface area contributed by atoms with Gasteiger partial charge in [0.15, 0.2) is 10.5 Å². The molecule has 62 valence electrons. The van der Waals surface area contributed by atoms with Crippen LogP contribution in [0.1, 0.15) is 19.8 Å². The monoisotopic (exact) mass is 164 g/mol. The van der Waals surface area contributed by atoms with Gasteiger partial charge in [-0.1, -0.05) is 6.92 Å². The second-order valence-corrected chi connectivity index (χ2v) is 2.45. The molecule has 0 rings (SSSR count). The summed E-state index contributed by atoms with van der Waals surface area (Å²) >= 11 is 0. The van der Waals surface area contributed by atoms with E-state index in [2.05, 4.69) is 6.92 Å². The summed E-state index contributed by atoms with van der Waals surface area (Å²) < 4.78 is 15.3. The summed E-state index contributed by atoms with van der Waals surface area (Å²) in [5.41, 5.74) is 0. The number of rotatable bonds is 5. The molecule has 4 heteroatoms. The molecule has 0 aliphatic heterocycles. The number of methoxy groups -OCH3 is 2. The minimum atomic E-state index is -0.763. The molecule has 0 saturated heterocycles. The number of hydrogen-bond acceptors (Lipinski definition) is 3. The highest BCUT2D eigenvalue weighted by Crippen LogP contribution is 2.17. The Morgan fingerprint density at radius 2 is 1.80 bits per heavy atom. The second kappa shape index (κ2) is 4.84. The maximum atomic E-state index is 5.17. The fraction of sp³-hybridized carbons (Fsp3) is 1.00. The highest BCUT2D eigenvalue weighted by atomic mass is 28.2. The standard InChI is InChI=1S/C6H16O3Si/c1-4-5-6(7-2,8-3)9-10/h4-5H2,1-3,10H3. The summed E-state index contributed by atoms with van der Waals surface area (Å²) in [7, 11) is 3.82. The fourth-order valence-electron chi connectivity index (χ4n) is 0.862. The Kier molecular flexibility index (Phi) is 4.89. The van der Waals surface area contributed by atoms with Gasteiger partial charge in [-0.2, -0.15) is 0 Å². The van der Waals surface area contributed by atoms with Gasteiger partial charge in [-0.05, 0) is 6.42 Å². The molecule has 0 amide bonds. The first-order chi connectivity index (χ1) is 4.74. The Morgan fingerprint density at radius 3 is 1.90 bits per heavy atom. The Morgan fingerprint density at radius 1 is 1.30 bits per heavy atom. The summed E-state index contributed by atoms with van der Waals surface area (Å²) in [4.78, 5) is 0. The van der Waals surface area contributed by atoms with Crippen LogP contribution in [0.15, 0.2) is 0 Å². The van der Waals surface area contributed by atoms with E-state index >= 15 is 0 Å². The van der Waals surface area contributed by atoms with Crippen molar-refractivity contribution in [3.8, 4) is 0 Å². The molecule has 0 aromatic heterocycles. The van der Waals surface area contributed by atoms with Crippen molar-refractivity contribution in [1.82, 2.24) is 0 Å². The summed E-state index contributed by atoms with van der Waals surface area (Å²) in [5.74, 6) is -0.763. The number of hydrogen-bond donors (Lipinski definition) is 0. The van der Waals surface area contributed by atoms with Crippen molar-refractivity contribution in [3.05, 3.63) is 0 Å². The Hall–Kier alpha value is 0.0969. The van der Waals surface area contributed by atoms with E-state index in [0.717, 1.165) is 12.8 Å². The largest absolute Gasteiger partial charge is 0.380 e. The SMILES string of the molecule is CCCC(OC)(OC)O[SiH3]. The molecule has 0 unspecified atom stereocenters. The molecular weight excluding hydrogens is 148 g/mol. The maximum Gasteiger partial charge on any atom is 0.272 e. The molecule has 0 radical (unpaired) electrons. The van der Waals surface area contributed by atoms with Crippen LogP contribution in [0.3, 0.4) is 0 Å². The van der Waals surface area contributed by atoms with Crippen LogP contribution >= 0.6 is 0 Å². The molecule has 0 aliphatic carbocycles. The highest BCUT2D eigenvalue weighted by Gasteiger charge is 2.26. The predicted molar refractivity (Wildman–Crippen MR) is 42.7 cm³/mol. The van der Waals surface area contributed by atoms with E-state index in [1.807, 2.05) is 0 Å². The van der Waals surface area contributed by atoms with E-state index in [4.69, 9.17) is 13.9 Å². The molecule has 0 aliphatic rings. The van der Waals surface area contributed by atoms with Gasteiger partial charge in [-0.25, -0.2) is 0 Å². The van der Waals surface area contributed by atoms with Crippen molar-refractivity contribution < 1.29 is 13.9 Å². The molecule has 0 N–H and O–H groups in total. The average Bonchev–Trinajstić information content (AvgIpc) is 2.01. The van der Waals surface area contributed by atoms with Crippen molar-refractivity contribution >= 4 is 10.5 Å². The predicted octanol–water partition coefficient (Wildman–Crippen LogP) is 0.0301. The van der Waals surface area contributed by atoms with Crippen molar-refractivity contribution in [3.63, 3.8) is 0 Å². The zero-order chi connectivity index (χ0) is 8.04. The fourth-order valence-corrected chi connectivity index (χ4v) is 1.40. The average molecular weight is 164 g/mol. The lowest BCUT2D eigenvalue weighted by Crippen LogP contribution is -2.36. The van der Waals surface area contributed by atoms with Crippen molar-refractivity contribution in [1.29, 1.82) is 0 Å². The Labute approximate surface area is 65.2 Å². The summed E-state index contributed by atoms with van der Waals surface area (Å²) in [5, 5.41) is 0. The highest BCUT2D eigenvalue weighted by molar-refractivity contribution is 5.98. The summed E-state index contributed by atoms with van der Waals surface area (Å²) in [6.45, 7) is 2.06. The molecule has 10 heavy (non-hydrogen) atoms. The minimum absolute atomic E-state index is 0.630. The van der Waals surface area contributed by atoms with Gasteiger partial charge >= 0.3 is 0 Å². The summed E-state index contributed by atoms with van der Waals surface area (Å²) in [6.07, 6.45) is 1.77. The van der Waals surface area contributed by atoms with Gasteiger partial charge in [-0.15, -0.1) is 0 Å². The molecule has 0 spiro atoms. The third-order valence-electron chi connectivity index (χ3n) is 1.49. The van der Waals surface area contributed by atoms with Gasteiger partial charge in [0, 0.05) is 20.6 Å². The number of ether oxygens (including phenoxy) is 2. The van der Waals surface area contributed by atoms with E-state index in [9.17, 15) is 0 Å². The quantitative estimate of drug-likeness (QED) is 0.424. The van der Waals surface area contributed by atoms with Gasteiger partial charge < -0.3 is 13.9 Å². The molecule has 0 aromatic carbocycles. The lowest BCUT2D eigenvalue weighted by atomic mass is 10.3. The zero-order valence-corrected chi connectivity index (χ0v) is 9.14. The van der Waals surface area contributed by atoms with Crippen LogP contribution in [0.4, 0.5) is 0 Å². The first kappa shape index (κ1) is 10.1. The zero-order valence-electron chi connectivity index (χ0n) is 7.14. The maximum absolute atomic E-state index is 5.17. The molecule has 0 atom stereocenters. The van der Waals surface area contributed by atoms with E-state index in [1.54, 1.807) is 14.2 Å². The molecule has 0 aromatic rings. The first-order valence-corrected chi connectivity index (χ1v) is 4.21. The first-order valence-electron chi connectivity index (χ1n) is 3.40. The lowest BCUT2D eigenvalue weighted by molar-refractivity contribution is -0.324. The van der Waals surface area contributed by atoms with Crippen LogP contribution in [0.5, 0.6) is 0 Å². The van der Waals surface area contributed by atoms with Crippen LogP contribution in [0, 0.1) is 0 Å². The van der Waals surface area contributed by atoms with Crippen LogP contribution in [-0.4, -0.2) is 30.7 Å². The van der Waals surface area contributed by atoms with Crippen molar-refractivity contribution in [2.24, 2.45) is 0 Å². The third kappa shape index (κ3) is 2.38. The van der Waals surface area contributed by atoms with Crippen LogP contribution in [-0.2, 0) is 13.9 Å². The van der Waals surface area contributed by atoms with Crippen LogP contribution in [0.2, 0.25) is 0 Å². The third-order valence-corrected chi connectivity index (χ3v) is 2.11. The van der Waals surface area contributed by atoms with E-state index < -0.39 is 5.97 Å². The van der Waals surface area contributed by atoms with Crippen molar-refractivity contribution in [2.75, 3.05) is 14.2 Å². The van der Waals surface area contributed by atoms with E-state index in [-0.39, 0.29) is 0 Å². The van der Waals surface area contributed by atoms with Gasteiger partial charge in [0.1, 0.15) is 0 Å². The van der Waals surface area contributed by atoms with Gasteiger partial charge in [-0.3, -0.25) is 0 Å². The smallest absolute Gasteiger partial charge is 0.272 e. The molecular formula is C6H16O3Si. The van der Waals surface area contributed by atoms with Crippen molar-refractivity contribution in [2.45, 2.75) is 25.7 Å². The Balaban J connectivity index is 3.87. The van der Waals surface area contributed by atoms with Crippen LogP contribution < -0.4 is 0 Å². The minimum Gasteiger partial charge on any atom is -0.380 e. The second-order valence-electron chi connectivity index (χ2n) is 2.05.